The van der Waals surface area contributed by atoms with Gasteiger partial charge in [-0.1, -0.05) is 35.9 Å². The summed E-state index contributed by atoms with van der Waals surface area (Å²) >= 11 is 6.23. The molecule has 2 aromatic rings. The molecule has 1 saturated heterocycles. The summed E-state index contributed by atoms with van der Waals surface area (Å²) in [7, 11) is 2.18. The fraction of sp³-hybridized carbons (Fsp3) is 0.353. The lowest BCUT2D eigenvalue weighted by Crippen LogP contribution is -2.18. The van der Waals surface area contributed by atoms with Crippen LogP contribution in [0.1, 0.15) is 35.8 Å². The molecule has 0 radical (unpaired) electrons. The van der Waals surface area contributed by atoms with Crippen LogP contribution in [0.3, 0.4) is 0 Å². The molecule has 0 bridgehead atoms. The minimum Gasteiger partial charge on any atom is -0.298 e. The Morgan fingerprint density at radius 3 is 2.80 bits per heavy atom. The Labute approximate surface area is 125 Å². The molecule has 0 saturated carbocycles. The second kappa shape index (κ2) is 5.94. The molecule has 1 aliphatic heterocycles. The molecule has 104 valence electrons. The molecule has 0 aliphatic carbocycles. The summed E-state index contributed by atoms with van der Waals surface area (Å²) in [4.78, 5) is 7.23. The predicted octanol–water partition coefficient (Wildman–Crippen LogP) is 4.09. The van der Waals surface area contributed by atoms with E-state index in [1.807, 2.05) is 18.2 Å². The molecule has 1 aliphatic rings. The molecule has 20 heavy (non-hydrogen) atoms. The van der Waals surface area contributed by atoms with E-state index in [2.05, 4.69) is 36.2 Å². The van der Waals surface area contributed by atoms with E-state index in [9.17, 15) is 0 Å². The molecule has 1 aromatic carbocycles. The summed E-state index contributed by atoms with van der Waals surface area (Å²) in [5, 5.41) is 0.817. The number of rotatable bonds is 3. The van der Waals surface area contributed by atoms with Crippen LogP contribution >= 0.6 is 11.6 Å². The van der Waals surface area contributed by atoms with E-state index in [1.165, 1.54) is 25.1 Å². The van der Waals surface area contributed by atoms with Crippen molar-refractivity contribution in [1.29, 1.82) is 0 Å². The molecular formula is C17H19ClN2. The number of hydrogen-bond donors (Lipinski definition) is 0. The summed E-state index contributed by atoms with van der Waals surface area (Å²) < 4.78 is 0. The van der Waals surface area contributed by atoms with Crippen molar-refractivity contribution in [3.8, 4) is 0 Å². The van der Waals surface area contributed by atoms with Crippen molar-refractivity contribution in [2.45, 2.75) is 25.3 Å². The maximum Gasteiger partial charge on any atom is 0.0578 e. The predicted molar refractivity (Wildman–Crippen MR) is 83.1 cm³/mol. The topological polar surface area (TPSA) is 16.1 Å². The van der Waals surface area contributed by atoms with Gasteiger partial charge in [0.05, 0.1) is 11.7 Å². The second-order valence-corrected chi connectivity index (χ2v) is 5.87. The summed E-state index contributed by atoms with van der Waals surface area (Å²) in [6.45, 7) is 1.17. The average molecular weight is 287 g/mol. The molecule has 1 atom stereocenters. The molecule has 1 aromatic heterocycles. The minimum absolute atomic E-state index is 0.473. The Morgan fingerprint density at radius 2 is 2.05 bits per heavy atom. The Morgan fingerprint density at radius 1 is 1.20 bits per heavy atom. The summed E-state index contributed by atoms with van der Waals surface area (Å²) in [6.07, 6.45) is 3.26. The lowest BCUT2D eigenvalue weighted by Gasteiger charge is -2.19. The van der Waals surface area contributed by atoms with Crippen LogP contribution in [0, 0.1) is 0 Å². The largest absolute Gasteiger partial charge is 0.298 e. The van der Waals surface area contributed by atoms with Gasteiger partial charge in [-0.25, -0.2) is 0 Å². The standard InChI is InChI=1S/C17H19ClN2/c1-20-11-5-10-17(20)16-9-4-7-14(19-16)12-13-6-2-3-8-15(13)18/h2-4,6-9,17H,5,10-12H2,1H3/t17-/m1/s1. The highest BCUT2D eigenvalue weighted by Gasteiger charge is 2.23. The van der Waals surface area contributed by atoms with Crippen molar-refractivity contribution < 1.29 is 0 Å². The highest BCUT2D eigenvalue weighted by atomic mass is 35.5. The molecule has 1 fully saturated rings. The molecule has 3 rings (SSSR count). The SMILES string of the molecule is CN1CCC[C@@H]1c1cccc(Cc2ccccc2Cl)n1. The number of nitrogens with zero attached hydrogens (tertiary/aromatic N) is 2. The van der Waals surface area contributed by atoms with Gasteiger partial charge in [-0.05, 0) is 50.2 Å². The molecule has 0 unspecified atom stereocenters. The number of hydrogen-bond acceptors (Lipinski definition) is 2. The first-order valence-electron chi connectivity index (χ1n) is 7.13. The maximum atomic E-state index is 6.23. The quantitative estimate of drug-likeness (QED) is 0.845. The zero-order valence-electron chi connectivity index (χ0n) is 11.7. The molecule has 0 amide bonds. The summed E-state index contributed by atoms with van der Waals surface area (Å²) in [5.41, 5.74) is 3.42. The summed E-state index contributed by atoms with van der Waals surface area (Å²) in [6, 6.07) is 14.8. The third-order valence-corrected chi connectivity index (χ3v) is 4.39. The van der Waals surface area contributed by atoms with E-state index in [4.69, 9.17) is 16.6 Å². The van der Waals surface area contributed by atoms with Crippen LogP contribution < -0.4 is 0 Å². The van der Waals surface area contributed by atoms with Gasteiger partial charge in [-0.15, -0.1) is 0 Å². The fourth-order valence-corrected chi connectivity index (χ4v) is 3.11. The Kier molecular flexibility index (Phi) is 4.04. The molecular weight excluding hydrogens is 268 g/mol. The van der Waals surface area contributed by atoms with Crippen molar-refractivity contribution in [1.82, 2.24) is 9.88 Å². The first kappa shape index (κ1) is 13.6. The van der Waals surface area contributed by atoms with Gasteiger partial charge in [-0.3, -0.25) is 9.88 Å². The van der Waals surface area contributed by atoms with Gasteiger partial charge in [0.1, 0.15) is 0 Å². The lowest BCUT2D eigenvalue weighted by molar-refractivity contribution is 0.311. The van der Waals surface area contributed by atoms with Crippen LogP contribution in [0.5, 0.6) is 0 Å². The fourth-order valence-electron chi connectivity index (χ4n) is 2.90. The van der Waals surface area contributed by atoms with E-state index >= 15 is 0 Å². The first-order chi connectivity index (χ1) is 9.74. The number of aromatic nitrogens is 1. The molecule has 3 heteroatoms. The monoisotopic (exact) mass is 286 g/mol. The van der Waals surface area contributed by atoms with Gasteiger partial charge >= 0.3 is 0 Å². The highest BCUT2D eigenvalue weighted by molar-refractivity contribution is 6.31. The van der Waals surface area contributed by atoms with Gasteiger partial charge in [0, 0.05) is 17.1 Å². The number of pyridine rings is 1. The Balaban J connectivity index is 1.83. The van der Waals surface area contributed by atoms with Crippen molar-refractivity contribution in [3.05, 3.63) is 64.4 Å². The van der Waals surface area contributed by atoms with E-state index in [1.54, 1.807) is 0 Å². The van der Waals surface area contributed by atoms with Crippen LogP contribution in [-0.2, 0) is 6.42 Å². The van der Waals surface area contributed by atoms with E-state index in [0.717, 1.165) is 22.7 Å². The van der Waals surface area contributed by atoms with Gasteiger partial charge in [0.2, 0.25) is 0 Å². The van der Waals surface area contributed by atoms with E-state index < -0.39 is 0 Å². The molecule has 2 nitrogen and oxygen atoms in total. The van der Waals surface area contributed by atoms with Crippen molar-refractivity contribution in [2.75, 3.05) is 13.6 Å². The van der Waals surface area contributed by atoms with E-state index in [0.29, 0.717) is 6.04 Å². The lowest BCUT2D eigenvalue weighted by atomic mass is 10.1. The molecule has 0 N–H and O–H groups in total. The Hall–Kier alpha value is -1.38. The van der Waals surface area contributed by atoms with Gasteiger partial charge in [-0.2, -0.15) is 0 Å². The zero-order valence-corrected chi connectivity index (χ0v) is 12.5. The number of halogens is 1. The van der Waals surface area contributed by atoms with Gasteiger partial charge in [0.25, 0.3) is 0 Å². The third-order valence-electron chi connectivity index (χ3n) is 4.02. The van der Waals surface area contributed by atoms with Crippen molar-refractivity contribution in [2.24, 2.45) is 0 Å². The van der Waals surface area contributed by atoms with Crippen molar-refractivity contribution >= 4 is 11.6 Å². The smallest absolute Gasteiger partial charge is 0.0578 e. The van der Waals surface area contributed by atoms with Gasteiger partial charge in [0.15, 0.2) is 0 Å². The summed E-state index contributed by atoms with van der Waals surface area (Å²) in [5.74, 6) is 0. The minimum atomic E-state index is 0.473. The normalized spacial score (nSPS) is 19.4. The highest BCUT2D eigenvalue weighted by Crippen LogP contribution is 2.29. The van der Waals surface area contributed by atoms with Crippen LogP contribution in [0.25, 0.3) is 0 Å². The van der Waals surface area contributed by atoms with E-state index in [-0.39, 0.29) is 0 Å². The number of likely N-dealkylation sites (tertiary alicyclic amines) is 1. The Bertz CT molecular complexity index is 597. The van der Waals surface area contributed by atoms with Crippen molar-refractivity contribution in [3.63, 3.8) is 0 Å². The average Bonchev–Trinajstić information content (AvgIpc) is 2.88. The zero-order chi connectivity index (χ0) is 13.9. The second-order valence-electron chi connectivity index (χ2n) is 5.46. The maximum absolute atomic E-state index is 6.23. The molecule has 2 heterocycles. The van der Waals surface area contributed by atoms with Crippen LogP contribution in [0.4, 0.5) is 0 Å². The van der Waals surface area contributed by atoms with Crippen LogP contribution in [0.15, 0.2) is 42.5 Å². The number of benzene rings is 1. The van der Waals surface area contributed by atoms with Gasteiger partial charge < -0.3 is 0 Å². The van der Waals surface area contributed by atoms with Crippen LogP contribution in [0.2, 0.25) is 5.02 Å². The molecule has 0 spiro atoms. The first-order valence-corrected chi connectivity index (χ1v) is 7.51. The van der Waals surface area contributed by atoms with Crippen LogP contribution in [-0.4, -0.2) is 23.5 Å². The third kappa shape index (κ3) is 2.87.